The third kappa shape index (κ3) is 2.22. The van der Waals surface area contributed by atoms with E-state index in [0.717, 1.165) is 31.9 Å². The molecule has 1 saturated heterocycles. The van der Waals surface area contributed by atoms with Crippen molar-refractivity contribution in [2.75, 3.05) is 19.7 Å². The Labute approximate surface area is 121 Å². The van der Waals surface area contributed by atoms with E-state index in [1.54, 1.807) is 0 Å². The summed E-state index contributed by atoms with van der Waals surface area (Å²) in [7, 11) is 0. The van der Waals surface area contributed by atoms with Crippen molar-refractivity contribution in [2.45, 2.75) is 44.7 Å². The lowest BCUT2D eigenvalue weighted by atomic mass is 9.86. The molecule has 0 amide bonds. The fourth-order valence-corrected chi connectivity index (χ4v) is 3.62. The number of para-hydroxylation sites is 1. The smallest absolute Gasteiger partial charge is 0.127 e. The lowest BCUT2D eigenvalue weighted by Crippen LogP contribution is -2.53. The van der Waals surface area contributed by atoms with E-state index < -0.39 is 0 Å². The lowest BCUT2D eigenvalue weighted by molar-refractivity contribution is 0.105. The van der Waals surface area contributed by atoms with Crippen molar-refractivity contribution in [1.29, 1.82) is 0 Å². The number of ether oxygens (including phenoxy) is 1. The van der Waals surface area contributed by atoms with Crippen molar-refractivity contribution < 1.29 is 4.74 Å². The number of nitrogens with one attached hydrogen (secondary N) is 1. The minimum atomic E-state index is -0.0215. The van der Waals surface area contributed by atoms with Crippen molar-refractivity contribution in [3.8, 4) is 5.75 Å². The van der Waals surface area contributed by atoms with E-state index in [-0.39, 0.29) is 11.6 Å². The monoisotopic (exact) mass is 275 g/mol. The first-order valence-corrected chi connectivity index (χ1v) is 7.60. The summed E-state index contributed by atoms with van der Waals surface area (Å²) in [6.45, 7) is 7.64. The molecule has 4 heteroatoms. The SMILES string of the molecule is CC(C)(C(NN)c1cccc2c1OCC2)N1CCCC1. The van der Waals surface area contributed by atoms with Gasteiger partial charge < -0.3 is 4.74 Å². The number of fused-ring (bicyclic) bond motifs is 1. The molecule has 1 fully saturated rings. The van der Waals surface area contributed by atoms with E-state index in [4.69, 9.17) is 10.6 Å². The Morgan fingerprint density at radius 1 is 1.30 bits per heavy atom. The fourth-order valence-electron chi connectivity index (χ4n) is 3.62. The van der Waals surface area contributed by atoms with Crippen LogP contribution in [0.1, 0.15) is 43.9 Å². The molecule has 2 aliphatic heterocycles. The number of nitrogens with zero attached hydrogens (tertiary/aromatic N) is 1. The minimum absolute atomic E-state index is 0.0215. The van der Waals surface area contributed by atoms with Gasteiger partial charge in [-0.25, -0.2) is 0 Å². The van der Waals surface area contributed by atoms with Crippen LogP contribution in [-0.2, 0) is 6.42 Å². The summed E-state index contributed by atoms with van der Waals surface area (Å²) in [5.41, 5.74) is 5.52. The van der Waals surface area contributed by atoms with Gasteiger partial charge in [-0.1, -0.05) is 18.2 Å². The molecule has 0 aromatic heterocycles. The molecular weight excluding hydrogens is 250 g/mol. The van der Waals surface area contributed by atoms with Crippen molar-refractivity contribution in [1.82, 2.24) is 10.3 Å². The summed E-state index contributed by atoms with van der Waals surface area (Å²) < 4.78 is 5.86. The maximum absolute atomic E-state index is 5.92. The zero-order chi connectivity index (χ0) is 14.2. The van der Waals surface area contributed by atoms with E-state index in [1.807, 2.05) is 0 Å². The van der Waals surface area contributed by atoms with Crippen LogP contribution in [0.2, 0.25) is 0 Å². The molecule has 3 rings (SSSR count). The molecule has 0 aliphatic carbocycles. The molecule has 4 nitrogen and oxygen atoms in total. The van der Waals surface area contributed by atoms with Crippen LogP contribution in [0.3, 0.4) is 0 Å². The van der Waals surface area contributed by atoms with Gasteiger partial charge in [0.1, 0.15) is 5.75 Å². The van der Waals surface area contributed by atoms with E-state index >= 15 is 0 Å². The average Bonchev–Trinajstić information content (AvgIpc) is 3.11. The van der Waals surface area contributed by atoms with Crippen LogP contribution < -0.4 is 16.0 Å². The van der Waals surface area contributed by atoms with Crippen LogP contribution >= 0.6 is 0 Å². The van der Waals surface area contributed by atoms with Crippen LogP contribution in [0.15, 0.2) is 18.2 Å². The first kappa shape index (κ1) is 13.9. The maximum atomic E-state index is 5.92. The van der Waals surface area contributed by atoms with E-state index in [0.29, 0.717) is 0 Å². The molecule has 1 atom stereocenters. The predicted molar refractivity (Wildman–Crippen MR) is 80.6 cm³/mol. The van der Waals surface area contributed by atoms with Gasteiger partial charge in [-0.05, 0) is 45.3 Å². The predicted octanol–water partition coefficient (Wildman–Crippen LogP) is 2.00. The van der Waals surface area contributed by atoms with Crippen LogP contribution in [-0.4, -0.2) is 30.1 Å². The van der Waals surface area contributed by atoms with Gasteiger partial charge >= 0.3 is 0 Å². The number of nitrogens with two attached hydrogens (primary N) is 1. The van der Waals surface area contributed by atoms with Crippen LogP contribution in [0, 0.1) is 0 Å². The summed E-state index contributed by atoms with van der Waals surface area (Å²) in [5.74, 6) is 6.96. The molecule has 0 bridgehead atoms. The molecule has 0 spiro atoms. The molecule has 110 valence electrons. The zero-order valence-corrected chi connectivity index (χ0v) is 12.5. The van der Waals surface area contributed by atoms with Crippen molar-refractivity contribution >= 4 is 0 Å². The number of hydrazine groups is 1. The Bertz CT molecular complexity index is 481. The van der Waals surface area contributed by atoms with Gasteiger partial charge in [-0.15, -0.1) is 0 Å². The second-order valence-electron chi connectivity index (χ2n) is 6.38. The highest BCUT2D eigenvalue weighted by atomic mass is 16.5. The first-order valence-electron chi connectivity index (χ1n) is 7.60. The van der Waals surface area contributed by atoms with Crippen molar-refractivity contribution in [3.05, 3.63) is 29.3 Å². The van der Waals surface area contributed by atoms with E-state index in [9.17, 15) is 0 Å². The van der Waals surface area contributed by atoms with Crippen molar-refractivity contribution in [3.63, 3.8) is 0 Å². The second kappa shape index (κ2) is 5.35. The third-order valence-corrected chi connectivity index (χ3v) is 4.85. The highest BCUT2D eigenvalue weighted by molar-refractivity contribution is 5.46. The molecule has 1 aromatic carbocycles. The topological polar surface area (TPSA) is 50.5 Å². The Balaban J connectivity index is 1.95. The van der Waals surface area contributed by atoms with Crippen LogP contribution in [0.4, 0.5) is 0 Å². The van der Waals surface area contributed by atoms with Gasteiger partial charge in [0.05, 0.1) is 12.6 Å². The Kier molecular flexibility index (Phi) is 3.71. The highest BCUT2D eigenvalue weighted by Gasteiger charge is 2.39. The number of likely N-dealkylation sites (tertiary alicyclic amines) is 1. The number of hydrogen-bond donors (Lipinski definition) is 2. The summed E-state index contributed by atoms with van der Waals surface area (Å²) in [5, 5.41) is 0. The van der Waals surface area contributed by atoms with Gasteiger partial charge in [-0.3, -0.25) is 16.2 Å². The van der Waals surface area contributed by atoms with Crippen LogP contribution in [0.5, 0.6) is 5.75 Å². The molecule has 3 N–H and O–H groups in total. The summed E-state index contributed by atoms with van der Waals surface area (Å²) >= 11 is 0. The normalized spacial score (nSPS) is 20.8. The number of rotatable bonds is 4. The molecule has 1 aromatic rings. The average molecular weight is 275 g/mol. The summed E-state index contributed by atoms with van der Waals surface area (Å²) in [6.07, 6.45) is 3.57. The summed E-state index contributed by atoms with van der Waals surface area (Å²) in [4.78, 5) is 2.53. The van der Waals surface area contributed by atoms with Gasteiger partial charge in [0.25, 0.3) is 0 Å². The molecule has 2 heterocycles. The molecular formula is C16H25N3O. The van der Waals surface area contributed by atoms with Gasteiger partial charge in [-0.2, -0.15) is 0 Å². The third-order valence-electron chi connectivity index (χ3n) is 4.85. The van der Waals surface area contributed by atoms with E-state index in [2.05, 4.69) is 42.4 Å². The zero-order valence-electron chi connectivity index (χ0n) is 12.5. The second-order valence-corrected chi connectivity index (χ2v) is 6.38. The fraction of sp³-hybridized carbons (Fsp3) is 0.625. The van der Waals surface area contributed by atoms with Crippen LogP contribution in [0.25, 0.3) is 0 Å². The van der Waals surface area contributed by atoms with Crippen molar-refractivity contribution in [2.24, 2.45) is 5.84 Å². The standard InChI is InChI=1S/C16H25N3O/c1-16(2,19-9-3-4-10-19)15(18-17)13-7-5-6-12-8-11-20-14(12)13/h5-7,15,18H,3-4,8-11,17H2,1-2H3. The summed E-state index contributed by atoms with van der Waals surface area (Å²) in [6, 6.07) is 6.50. The Morgan fingerprint density at radius 2 is 2.05 bits per heavy atom. The molecule has 0 radical (unpaired) electrons. The molecule has 2 aliphatic rings. The quantitative estimate of drug-likeness (QED) is 0.652. The Morgan fingerprint density at radius 3 is 2.75 bits per heavy atom. The molecule has 20 heavy (non-hydrogen) atoms. The van der Waals surface area contributed by atoms with Gasteiger partial charge in [0.15, 0.2) is 0 Å². The number of hydrogen-bond acceptors (Lipinski definition) is 4. The minimum Gasteiger partial charge on any atom is -0.493 e. The highest BCUT2D eigenvalue weighted by Crippen LogP contribution is 2.40. The first-order chi connectivity index (χ1) is 9.64. The van der Waals surface area contributed by atoms with Gasteiger partial charge in [0, 0.05) is 17.5 Å². The molecule has 0 saturated carbocycles. The lowest BCUT2D eigenvalue weighted by Gasteiger charge is -2.42. The van der Waals surface area contributed by atoms with Gasteiger partial charge in [0.2, 0.25) is 0 Å². The Hall–Kier alpha value is -1.10. The largest absolute Gasteiger partial charge is 0.493 e. The number of benzene rings is 1. The molecule has 1 unspecified atom stereocenters. The van der Waals surface area contributed by atoms with E-state index in [1.165, 1.54) is 24.0 Å². The maximum Gasteiger partial charge on any atom is 0.127 e.